The Morgan fingerprint density at radius 3 is 2.94 bits per heavy atom. The van der Waals surface area contributed by atoms with Gasteiger partial charge in [0.1, 0.15) is 22.7 Å². The summed E-state index contributed by atoms with van der Waals surface area (Å²) in [5.74, 6) is 0.515. The van der Waals surface area contributed by atoms with Crippen LogP contribution in [-0.2, 0) is 13.1 Å². The number of hydrogen-bond donors (Lipinski definition) is 2. The van der Waals surface area contributed by atoms with Gasteiger partial charge in [-0.3, -0.25) is 5.10 Å². The fourth-order valence-corrected chi connectivity index (χ4v) is 4.28. The molecule has 0 aliphatic heterocycles. The summed E-state index contributed by atoms with van der Waals surface area (Å²) in [4.78, 5) is 4.70. The van der Waals surface area contributed by atoms with Crippen LogP contribution < -0.4 is 5.32 Å². The molecule has 1 aliphatic carbocycles. The van der Waals surface area contributed by atoms with Gasteiger partial charge in [-0.2, -0.15) is 5.10 Å². The smallest absolute Gasteiger partial charge is 0.148 e. The topological polar surface area (TPSA) is 88.7 Å². The van der Waals surface area contributed by atoms with E-state index >= 15 is 0 Å². The quantitative estimate of drug-likeness (QED) is 0.412. The van der Waals surface area contributed by atoms with E-state index in [1.807, 2.05) is 18.5 Å². The van der Waals surface area contributed by atoms with E-state index in [0.29, 0.717) is 23.1 Å². The van der Waals surface area contributed by atoms with Crippen molar-refractivity contribution < 1.29 is 4.39 Å². The third-order valence-electron chi connectivity index (χ3n) is 6.25. The Morgan fingerprint density at radius 1 is 1.12 bits per heavy atom. The van der Waals surface area contributed by atoms with Crippen molar-refractivity contribution in [2.24, 2.45) is 5.92 Å². The van der Waals surface area contributed by atoms with E-state index in [9.17, 15) is 4.39 Å². The van der Waals surface area contributed by atoms with Crippen molar-refractivity contribution >= 4 is 16.6 Å². The molecule has 0 spiro atoms. The molecule has 0 radical (unpaired) electrons. The number of H-pyrrole nitrogens is 1. The van der Waals surface area contributed by atoms with Gasteiger partial charge < -0.3 is 9.72 Å². The second-order valence-corrected chi connectivity index (χ2v) is 8.52. The third kappa shape index (κ3) is 3.54. The monoisotopic (exact) mass is 430 g/mol. The van der Waals surface area contributed by atoms with Gasteiger partial charge in [-0.25, -0.2) is 14.1 Å². The average molecular weight is 430 g/mol. The maximum absolute atomic E-state index is 13.9. The molecule has 1 aliphatic rings. The van der Waals surface area contributed by atoms with Gasteiger partial charge in [0.2, 0.25) is 0 Å². The largest absolute Gasteiger partial charge is 0.312 e. The van der Waals surface area contributed by atoms with Gasteiger partial charge >= 0.3 is 0 Å². The van der Waals surface area contributed by atoms with Crippen molar-refractivity contribution in [3.8, 4) is 11.3 Å². The van der Waals surface area contributed by atoms with Gasteiger partial charge in [0.25, 0.3) is 0 Å². The molecule has 4 heterocycles. The van der Waals surface area contributed by atoms with Crippen molar-refractivity contribution in [1.82, 2.24) is 39.9 Å². The van der Waals surface area contributed by atoms with Crippen LogP contribution >= 0.6 is 0 Å². The molecule has 32 heavy (non-hydrogen) atoms. The highest BCUT2D eigenvalue weighted by molar-refractivity contribution is 5.93. The number of pyridine rings is 1. The zero-order valence-corrected chi connectivity index (χ0v) is 17.5. The molecule has 1 fully saturated rings. The number of nitrogens with zero attached hydrogens (tertiary/aromatic N) is 6. The van der Waals surface area contributed by atoms with E-state index in [0.717, 1.165) is 35.9 Å². The van der Waals surface area contributed by atoms with Gasteiger partial charge in [0.05, 0.1) is 24.6 Å². The van der Waals surface area contributed by atoms with Gasteiger partial charge in [0, 0.05) is 29.9 Å². The zero-order chi connectivity index (χ0) is 21.5. The molecule has 0 bridgehead atoms. The lowest BCUT2D eigenvalue weighted by atomic mass is 9.85. The molecular weight excluding hydrogens is 407 g/mol. The molecule has 1 saturated carbocycles. The molecular formula is C23H23FN8. The van der Waals surface area contributed by atoms with Crippen LogP contribution in [0.4, 0.5) is 4.39 Å². The van der Waals surface area contributed by atoms with Gasteiger partial charge in [-0.1, -0.05) is 17.7 Å². The molecule has 1 aromatic carbocycles. The van der Waals surface area contributed by atoms with E-state index in [1.54, 1.807) is 16.9 Å². The molecule has 0 saturated heterocycles. The van der Waals surface area contributed by atoms with Crippen LogP contribution in [0.3, 0.4) is 0 Å². The maximum atomic E-state index is 13.9. The van der Waals surface area contributed by atoms with Crippen LogP contribution in [0.25, 0.3) is 27.8 Å². The fourth-order valence-electron chi connectivity index (χ4n) is 4.28. The summed E-state index contributed by atoms with van der Waals surface area (Å²) >= 11 is 0. The Morgan fingerprint density at radius 2 is 2.06 bits per heavy atom. The molecule has 9 heteroatoms. The molecule has 2 N–H and O–H groups in total. The molecule has 162 valence electrons. The number of halogens is 1. The summed E-state index contributed by atoms with van der Waals surface area (Å²) in [5, 5.41) is 19.4. The van der Waals surface area contributed by atoms with E-state index in [2.05, 4.69) is 42.5 Å². The highest BCUT2D eigenvalue weighted by Crippen LogP contribution is 2.27. The summed E-state index contributed by atoms with van der Waals surface area (Å²) in [6, 6.07) is 7.28. The molecule has 5 aromatic rings. The van der Waals surface area contributed by atoms with Crippen molar-refractivity contribution in [2.45, 2.75) is 32.4 Å². The van der Waals surface area contributed by atoms with Crippen molar-refractivity contribution in [3.63, 3.8) is 0 Å². The second-order valence-electron chi connectivity index (χ2n) is 8.52. The van der Waals surface area contributed by atoms with Crippen LogP contribution in [0.5, 0.6) is 0 Å². The van der Waals surface area contributed by atoms with E-state index in [4.69, 9.17) is 4.98 Å². The predicted octanol–water partition coefficient (Wildman–Crippen LogP) is 3.55. The standard InChI is InChI=1S/C23H23FN8/c24-20-6-5-18(19-10-26-29-23(19)20)21-14-32(30-28-21)13-17-12-31-11-16(4-7-22(31)27-17)9-25-8-15-2-1-3-15/h4-7,10-12,14-15,25H,1-3,8-9,13H2,(H,26,29). The first kappa shape index (κ1) is 19.1. The Kier molecular flexibility index (Phi) is 4.68. The number of rotatable bonds is 7. The molecule has 4 aromatic heterocycles. The maximum Gasteiger partial charge on any atom is 0.148 e. The van der Waals surface area contributed by atoms with Gasteiger partial charge in [-0.05, 0) is 49.1 Å². The Balaban J connectivity index is 1.18. The molecule has 6 rings (SSSR count). The normalized spacial score (nSPS) is 14.4. The van der Waals surface area contributed by atoms with Gasteiger partial charge in [-0.15, -0.1) is 5.10 Å². The first-order valence-corrected chi connectivity index (χ1v) is 10.9. The van der Waals surface area contributed by atoms with Crippen LogP contribution in [0, 0.1) is 11.7 Å². The number of benzene rings is 1. The van der Waals surface area contributed by atoms with Gasteiger partial charge in [0.15, 0.2) is 0 Å². The first-order valence-electron chi connectivity index (χ1n) is 10.9. The average Bonchev–Trinajstić information content (AvgIpc) is 3.50. The molecule has 0 amide bonds. The van der Waals surface area contributed by atoms with E-state index in [-0.39, 0.29) is 5.82 Å². The van der Waals surface area contributed by atoms with Crippen LogP contribution in [0.2, 0.25) is 0 Å². The number of aromatic nitrogens is 7. The minimum Gasteiger partial charge on any atom is -0.312 e. The molecule has 0 atom stereocenters. The zero-order valence-electron chi connectivity index (χ0n) is 17.5. The number of imidazole rings is 1. The highest BCUT2D eigenvalue weighted by Gasteiger charge is 2.16. The number of nitrogens with one attached hydrogen (secondary N) is 2. The Labute approximate surface area is 183 Å². The minimum atomic E-state index is -0.337. The van der Waals surface area contributed by atoms with E-state index in [1.165, 1.54) is 30.9 Å². The predicted molar refractivity (Wildman–Crippen MR) is 118 cm³/mol. The lowest BCUT2D eigenvalue weighted by molar-refractivity contribution is 0.301. The van der Waals surface area contributed by atoms with Crippen molar-refractivity contribution in [2.75, 3.05) is 6.54 Å². The summed E-state index contributed by atoms with van der Waals surface area (Å²) in [7, 11) is 0. The van der Waals surface area contributed by atoms with Crippen molar-refractivity contribution in [1.29, 1.82) is 0 Å². The fraction of sp³-hybridized carbons (Fsp3) is 0.304. The highest BCUT2D eigenvalue weighted by atomic mass is 19.1. The number of fused-ring (bicyclic) bond motifs is 2. The third-order valence-corrected chi connectivity index (χ3v) is 6.25. The van der Waals surface area contributed by atoms with Crippen LogP contribution in [-0.4, -0.2) is 41.1 Å². The lowest BCUT2D eigenvalue weighted by Gasteiger charge is -2.25. The first-order chi connectivity index (χ1) is 15.7. The summed E-state index contributed by atoms with van der Waals surface area (Å²) in [6.45, 7) is 2.47. The summed E-state index contributed by atoms with van der Waals surface area (Å²) in [5.41, 5.74) is 4.87. The SMILES string of the molecule is Fc1ccc(-c2cn(Cc3cn4cc(CNCC5CCC5)ccc4n3)nn2)c2cn[nH]c12. The summed E-state index contributed by atoms with van der Waals surface area (Å²) in [6.07, 6.45) is 11.7. The minimum absolute atomic E-state index is 0.337. The lowest BCUT2D eigenvalue weighted by Crippen LogP contribution is -2.26. The van der Waals surface area contributed by atoms with Crippen LogP contribution in [0.15, 0.2) is 49.1 Å². The van der Waals surface area contributed by atoms with Crippen molar-refractivity contribution in [3.05, 3.63) is 66.1 Å². The van der Waals surface area contributed by atoms with E-state index < -0.39 is 0 Å². The van der Waals surface area contributed by atoms with Crippen LogP contribution in [0.1, 0.15) is 30.5 Å². The Bertz CT molecular complexity index is 1390. The summed E-state index contributed by atoms with van der Waals surface area (Å²) < 4.78 is 17.7. The molecule has 8 nitrogen and oxygen atoms in total. The number of hydrogen-bond acceptors (Lipinski definition) is 5. The molecule has 0 unspecified atom stereocenters. The second kappa shape index (κ2) is 7.83. The number of aromatic amines is 1. The Hall–Kier alpha value is -3.59.